The van der Waals surface area contributed by atoms with Crippen LogP contribution in [0.4, 0.5) is 8.78 Å². The van der Waals surface area contributed by atoms with E-state index in [0.29, 0.717) is 25.4 Å². The highest BCUT2D eigenvalue weighted by atomic mass is 79.9. The van der Waals surface area contributed by atoms with Gasteiger partial charge in [-0.3, -0.25) is 0 Å². The Morgan fingerprint density at radius 1 is 0.818 bits per heavy atom. The molecule has 3 rings (SSSR count). The Labute approximate surface area is 137 Å². The zero-order valence-corrected chi connectivity index (χ0v) is 13.4. The fraction of sp³-hybridized carbons (Fsp3) is 0. The van der Waals surface area contributed by atoms with E-state index in [9.17, 15) is 19.0 Å². The second-order valence-electron chi connectivity index (χ2n) is 4.62. The lowest BCUT2D eigenvalue weighted by Crippen LogP contribution is -1.81. The predicted octanol–water partition coefficient (Wildman–Crippen LogP) is 5.53. The number of aromatic hydroxyl groups is 2. The minimum absolute atomic E-state index is 0.151. The molecular formula is C16H9BrF2O2S. The van der Waals surface area contributed by atoms with E-state index in [1.165, 1.54) is 35.6 Å². The molecule has 112 valence electrons. The van der Waals surface area contributed by atoms with Crippen molar-refractivity contribution >= 4 is 27.3 Å². The van der Waals surface area contributed by atoms with Gasteiger partial charge in [-0.05, 0) is 46.3 Å². The van der Waals surface area contributed by atoms with Gasteiger partial charge in [-0.1, -0.05) is 0 Å². The number of thiophene rings is 1. The number of hydrogen-bond donors (Lipinski definition) is 2. The van der Waals surface area contributed by atoms with Crippen LogP contribution in [-0.2, 0) is 0 Å². The third-order valence-electron chi connectivity index (χ3n) is 3.10. The SMILES string of the molecule is Oc1ccc(-c2cc(Br)c(-c3ccc(O)cc3F)s2)c(F)c1. The predicted molar refractivity (Wildman–Crippen MR) is 86.1 cm³/mol. The lowest BCUT2D eigenvalue weighted by Gasteiger charge is -2.02. The maximum absolute atomic E-state index is 14.0. The molecule has 22 heavy (non-hydrogen) atoms. The Hall–Kier alpha value is -1.92. The second kappa shape index (κ2) is 5.70. The summed E-state index contributed by atoms with van der Waals surface area (Å²) in [4.78, 5) is 1.20. The summed E-state index contributed by atoms with van der Waals surface area (Å²) in [5.74, 6) is -1.41. The molecule has 0 atom stereocenters. The number of halogens is 3. The van der Waals surface area contributed by atoms with Gasteiger partial charge in [-0.2, -0.15) is 0 Å². The summed E-state index contributed by atoms with van der Waals surface area (Å²) in [6.07, 6.45) is 0. The molecule has 1 aromatic heterocycles. The molecule has 0 fully saturated rings. The Bertz CT molecular complexity index is 861. The molecule has 0 aliphatic rings. The van der Waals surface area contributed by atoms with Crippen molar-refractivity contribution in [3.63, 3.8) is 0 Å². The first-order valence-corrected chi connectivity index (χ1v) is 7.84. The van der Waals surface area contributed by atoms with Crippen LogP contribution in [0.15, 0.2) is 46.9 Å². The first-order valence-electron chi connectivity index (χ1n) is 6.23. The quantitative estimate of drug-likeness (QED) is 0.611. The maximum atomic E-state index is 14.0. The van der Waals surface area contributed by atoms with Crippen molar-refractivity contribution in [2.45, 2.75) is 0 Å². The van der Waals surface area contributed by atoms with E-state index >= 15 is 0 Å². The fourth-order valence-corrected chi connectivity index (χ4v) is 4.02. The summed E-state index contributed by atoms with van der Waals surface area (Å²) < 4.78 is 28.5. The monoisotopic (exact) mass is 382 g/mol. The minimum Gasteiger partial charge on any atom is -0.508 e. The van der Waals surface area contributed by atoms with Crippen LogP contribution in [0, 0.1) is 11.6 Å². The van der Waals surface area contributed by atoms with E-state index in [1.54, 1.807) is 6.07 Å². The van der Waals surface area contributed by atoms with Crippen molar-refractivity contribution in [1.29, 1.82) is 0 Å². The Kier molecular flexibility index (Phi) is 3.88. The summed E-state index contributed by atoms with van der Waals surface area (Å²) in [6.45, 7) is 0. The van der Waals surface area contributed by atoms with Crippen LogP contribution in [0.5, 0.6) is 11.5 Å². The number of phenols is 2. The average Bonchev–Trinajstić information content (AvgIpc) is 2.80. The van der Waals surface area contributed by atoms with E-state index in [1.807, 2.05) is 0 Å². The molecule has 2 N–H and O–H groups in total. The third-order valence-corrected chi connectivity index (χ3v) is 5.19. The molecule has 3 aromatic rings. The van der Waals surface area contributed by atoms with Crippen molar-refractivity contribution < 1.29 is 19.0 Å². The molecule has 0 radical (unpaired) electrons. The van der Waals surface area contributed by atoms with Gasteiger partial charge in [0.25, 0.3) is 0 Å². The largest absolute Gasteiger partial charge is 0.508 e. The highest BCUT2D eigenvalue weighted by molar-refractivity contribution is 9.10. The zero-order valence-electron chi connectivity index (χ0n) is 11.0. The summed E-state index contributed by atoms with van der Waals surface area (Å²) >= 11 is 4.57. The van der Waals surface area contributed by atoms with Gasteiger partial charge < -0.3 is 10.2 Å². The van der Waals surface area contributed by atoms with Gasteiger partial charge in [0.1, 0.15) is 23.1 Å². The van der Waals surface area contributed by atoms with E-state index < -0.39 is 11.6 Å². The molecule has 0 aliphatic carbocycles. The van der Waals surface area contributed by atoms with Crippen molar-refractivity contribution in [3.8, 4) is 32.4 Å². The number of rotatable bonds is 2. The number of hydrogen-bond acceptors (Lipinski definition) is 3. The van der Waals surface area contributed by atoms with Crippen LogP contribution in [0.3, 0.4) is 0 Å². The van der Waals surface area contributed by atoms with Crippen LogP contribution < -0.4 is 0 Å². The van der Waals surface area contributed by atoms with Gasteiger partial charge in [0.05, 0.1) is 4.88 Å². The normalized spacial score (nSPS) is 10.9. The van der Waals surface area contributed by atoms with Crippen molar-refractivity contribution in [1.82, 2.24) is 0 Å². The molecule has 0 aliphatic heterocycles. The van der Waals surface area contributed by atoms with Crippen molar-refractivity contribution in [2.24, 2.45) is 0 Å². The van der Waals surface area contributed by atoms with Gasteiger partial charge in [-0.15, -0.1) is 11.3 Å². The van der Waals surface area contributed by atoms with E-state index in [2.05, 4.69) is 15.9 Å². The van der Waals surface area contributed by atoms with Gasteiger partial charge in [-0.25, -0.2) is 8.78 Å². The molecule has 0 saturated heterocycles. The number of phenolic OH excluding ortho intramolecular Hbond substituents is 2. The first kappa shape index (κ1) is 15.0. The van der Waals surface area contributed by atoms with Crippen LogP contribution in [0.25, 0.3) is 20.9 Å². The topological polar surface area (TPSA) is 40.5 Å². The fourth-order valence-electron chi connectivity index (χ4n) is 2.08. The second-order valence-corrected chi connectivity index (χ2v) is 6.52. The third kappa shape index (κ3) is 2.71. The van der Waals surface area contributed by atoms with Crippen LogP contribution >= 0.6 is 27.3 Å². The van der Waals surface area contributed by atoms with Gasteiger partial charge in [0.2, 0.25) is 0 Å². The highest BCUT2D eigenvalue weighted by Crippen LogP contribution is 2.43. The van der Waals surface area contributed by atoms with Gasteiger partial charge >= 0.3 is 0 Å². The van der Waals surface area contributed by atoms with Crippen molar-refractivity contribution in [2.75, 3.05) is 0 Å². The molecule has 0 unspecified atom stereocenters. The van der Waals surface area contributed by atoms with Gasteiger partial charge in [0, 0.05) is 32.6 Å². The van der Waals surface area contributed by atoms with E-state index in [-0.39, 0.29) is 11.5 Å². The lowest BCUT2D eigenvalue weighted by molar-refractivity contribution is 0.469. The molecule has 1 heterocycles. The van der Waals surface area contributed by atoms with E-state index in [0.717, 1.165) is 12.1 Å². The van der Waals surface area contributed by atoms with Gasteiger partial charge in [0.15, 0.2) is 0 Å². The molecule has 6 heteroatoms. The van der Waals surface area contributed by atoms with E-state index in [4.69, 9.17) is 0 Å². The number of benzene rings is 2. The maximum Gasteiger partial charge on any atom is 0.135 e. The molecule has 0 spiro atoms. The van der Waals surface area contributed by atoms with Crippen LogP contribution in [0.1, 0.15) is 0 Å². The lowest BCUT2D eigenvalue weighted by atomic mass is 10.1. The minimum atomic E-state index is -0.555. The molecule has 0 bridgehead atoms. The molecule has 0 saturated carbocycles. The summed E-state index contributed by atoms with van der Waals surface area (Å²) in [5.41, 5.74) is 0.647. The standard InChI is InChI=1S/C16H9BrF2O2S/c17-12-7-15(10-3-1-8(20)5-13(10)18)22-16(12)11-4-2-9(21)6-14(11)19/h1-7,20-21H. The highest BCUT2D eigenvalue weighted by Gasteiger charge is 2.16. The molecule has 0 amide bonds. The summed E-state index contributed by atoms with van der Waals surface area (Å²) in [6, 6.07) is 9.49. The Balaban J connectivity index is 2.11. The summed E-state index contributed by atoms with van der Waals surface area (Å²) in [7, 11) is 0. The molecule has 2 nitrogen and oxygen atoms in total. The first-order chi connectivity index (χ1) is 10.5. The summed E-state index contributed by atoms with van der Waals surface area (Å²) in [5, 5.41) is 18.5. The molecule has 2 aromatic carbocycles. The van der Waals surface area contributed by atoms with Crippen LogP contribution in [0.2, 0.25) is 0 Å². The smallest absolute Gasteiger partial charge is 0.135 e. The van der Waals surface area contributed by atoms with Crippen LogP contribution in [-0.4, -0.2) is 10.2 Å². The Morgan fingerprint density at radius 2 is 1.36 bits per heavy atom. The van der Waals surface area contributed by atoms with Crippen molar-refractivity contribution in [3.05, 3.63) is 58.6 Å². The molecular weight excluding hydrogens is 374 g/mol. The zero-order chi connectivity index (χ0) is 15.9. The average molecular weight is 383 g/mol. The Morgan fingerprint density at radius 3 is 1.91 bits per heavy atom.